The third-order valence-electron chi connectivity index (χ3n) is 5.18. The number of aliphatic hydroxyl groups is 1. The van der Waals surface area contributed by atoms with E-state index >= 15 is 0 Å². The maximum Gasteiger partial charge on any atom is 0.410 e. The molecular formula is C18H23N3O6S. The van der Waals surface area contributed by atoms with E-state index in [1.165, 1.54) is 29.2 Å². The summed E-state index contributed by atoms with van der Waals surface area (Å²) in [5, 5.41) is 20.0. The molecule has 2 amide bonds. The van der Waals surface area contributed by atoms with Gasteiger partial charge in [-0.3, -0.25) is 19.8 Å². The van der Waals surface area contributed by atoms with Crippen LogP contribution in [0.3, 0.4) is 0 Å². The summed E-state index contributed by atoms with van der Waals surface area (Å²) in [4.78, 5) is 38.7. The van der Waals surface area contributed by atoms with Gasteiger partial charge >= 0.3 is 6.09 Å². The summed E-state index contributed by atoms with van der Waals surface area (Å²) < 4.78 is 5.32. The van der Waals surface area contributed by atoms with E-state index < -0.39 is 17.1 Å². The average Bonchev–Trinajstić information content (AvgIpc) is 3.32. The lowest BCUT2D eigenvalue weighted by atomic mass is 10.1. The van der Waals surface area contributed by atoms with Crippen molar-refractivity contribution < 1.29 is 24.4 Å². The number of carbonyl (C=O) groups is 2. The van der Waals surface area contributed by atoms with E-state index in [0.717, 1.165) is 12.8 Å². The van der Waals surface area contributed by atoms with Gasteiger partial charge in [0.1, 0.15) is 12.6 Å². The van der Waals surface area contributed by atoms with Gasteiger partial charge in [0.2, 0.25) is 5.91 Å². The molecule has 0 aromatic heterocycles. The van der Waals surface area contributed by atoms with Gasteiger partial charge in [-0.2, -0.15) is 12.6 Å². The molecule has 152 valence electrons. The average molecular weight is 409 g/mol. The standard InChI is InChI=1S/C18H23N3O6S/c22-10-14-2-1-7-19(14)17(23)16-8-15(28)9-20(16)18(24)27-11-12-3-5-13(6-4-12)21(25)26/h3-6,14-16,22,28H,1-2,7-11H2/t14?,15-,16-/m0/s1. The molecule has 28 heavy (non-hydrogen) atoms. The number of nitro groups is 1. The highest BCUT2D eigenvalue weighted by molar-refractivity contribution is 7.81. The van der Waals surface area contributed by atoms with Gasteiger partial charge in [-0.25, -0.2) is 4.79 Å². The van der Waals surface area contributed by atoms with Crippen LogP contribution in [-0.4, -0.2) is 68.9 Å². The molecule has 0 aliphatic carbocycles. The molecule has 1 aromatic carbocycles. The van der Waals surface area contributed by atoms with Gasteiger partial charge in [0.05, 0.1) is 17.6 Å². The second-order valence-electron chi connectivity index (χ2n) is 7.05. The number of nitrogens with zero attached hydrogens (tertiary/aromatic N) is 3. The van der Waals surface area contributed by atoms with Crippen molar-refractivity contribution >= 4 is 30.3 Å². The van der Waals surface area contributed by atoms with Crippen LogP contribution >= 0.6 is 12.6 Å². The van der Waals surface area contributed by atoms with Crippen LogP contribution in [0.15, 0.2) is 24.3 Å². The smallest absolute Gasteiger partial charge is 0.410 e. The van der Waals surface area contributed by atoms with Crippen LogP contribution in [0, 0.1) is 10.1 Å². The largest absolute Gasteiger partial charge is 0.445 e. The summed E-state index contributed by atoms with van der Waals surface area (Å²) >= 11 is 4.42. The minimum Gasteiger partial charge on any atom is -0.445 e. The second kappa shape index (κ2) is 8.78. The van der Waals surface area contributed by atoms with Crippen molar-refractivity contribution in [2.24, 2.45) is 0 Å². The summed E-state index contributed by atoms with van der Waals surface area (Å²) in [6.07, 6.45) is 1.40. The van der Waals surface area contributed by atoms with E-state index in [1.807, 2.05) is 0 Å². The fraction of sp³-hybridized carbons (Fsp3) is 0.556. The summed E-state index contributed by atoms with van der Waals surface area (Å²) in [5.41, 5.74) is 0.575. The number of carbonyl (C=O) groups excluding carboxylic acids is 2. The lowest BCUT2D eigenvalue weighted by Crippen LogP contribution is -2.50. The molecule has 3 rings (SSSR count). The number of hydrogen-bond donors (Lipinski definition) is 2. The molecule has 0 spiro atoms. The summed E-state index contributed by atoms with van der Waals surface area (Å²) in [7, 11) is 0. The maximum absolute atomic E-state index is 12.9. The number of likely N-dealkylation sites (tertiary alicyclic amines) is 2. The molecule has 1 N–H and O–H groups in total. The Balaban J connectivity index is 1.62. The number of thiol groups is 1. The number of hydrogen-bond acceptors (Lipinski definition) is 7. The van der Waals surface area contributed by atoms with Crippen molar-refractivity contribution in [3.8, 4) is 0 Å². The van der Waals surface area contributed by atoms with Crippen molar-refractivity contribution in [2.75, 3.05) is 19.7 Å². The monoisotopic (exact) mass is 409 g/mol. The quantitative estimate of drug-likeness (QED) is 0.434. The van der Waals surface area contributed by atoms with Gasteiger partial charge in [0.15, 0.2) is 0 Å². The Kier molecular flexibility index (Phi) is 6.40. The SMILES string of the molecule is O=C([C@@H]1C[C@H](S)CN1C(=O)OCc1ccc([N+](=O)[O-])cc1)N1CCCC1CO. The number of aliphatic hydroxyl groups excluding tert-OH is 1. The lowest BCUT2D eigenvalue weighted by Gasteiger charge is -2.30. The van der Waals surface area contributed by atoms with Gasteiger partial charge < -0.3 is 14.7 Å². The molecule has 3 atom stereocenters. The summed E-state index contributed by atoms with van der Waals surface area (Å²) in [5.74, 6) is -0.180. The zero-order valence-corrected chi connectivity index (χ0v) is 16.2. The molecule has 0 bridgehead atoms. The van der Waals surface area contributed by atoms with E-state index in [9.17, 15) is 24.8 Å². The fourth-order valence-electron chi connectivity index (χ4n) is 3.70. The van der Waals surface area contributed by atoms with Crippen LogP contribution in [0.1, 0.15) is 24.8 Å². The topological polar surface area (TPSA) is 113 Å². The van der Waals surface area contributed by atoms with E-state index in [0.29, 0.717) is 25.1 Å². The van der Waals surface area contributed by atoms with Gasteiger partial charge in [-0.15, -0.1) is 0 Å². The van der Waals surface area contributed by atoms with Crippen LogP contribution in [0.5, 0.6) is 0 Å². The first-order valence-electron chi connectivity index (χ1n) is 9.17. The van der Waals surface area contributed by atoms with Crippen LogP contribution in [-0.2, 0) is 16.1 Å². The van der Waals surface area contributed by atoms with Crippen molar-refractivity contribution in [3.63, 3.8) is 0 Å². The van der Waals surface area contributed by atoms with Gasteiger partial charge in [-0.05, 0) is 37.0 Å². The molecule has 2 saturated heterocycles. The minimum atomic E-state index is -0.654. The molecule has 2 aliphatic heterocycles. The molecular weight excluding hydrogens is 386 g/mol. The Morgan fingerprint density at radius 3 is 2.64 bits per heavy atom. The first-order chi connectivity index (χ1) is 13.4. The third-order valence-corrected chi connectivity index (χ3v) is 5.55. The number of ether oxygens (including phenoxy) is 1. The Hall–Kier alpha value is -2.33. The van der Waals surface area contributed by atoms with E-state index in [1.54, 1.807) is 4.90 Å². The molecule has 10 heteroatoms. The van der Waals surface area contributed by atoms with Crippen LogP contribution in [0.25, 0.3) is 0 Å². The predicted molar refractivity (Wildman–Crippen MR) is 103 cm³/mol. The Morgan fingerprint density at radius 2 is 2.00 bits per heavy atom. The lowest BCUT2D eigenvalue weighted by molar-refractivity contribution is -0.384. The first kappa shape index (κ1) is 20.4. The number of benzene rings is 1. The van der Waals surface area contributed by atoms with Crippen molar-refractivity contribution in [3.05, 3.63) is 39.9 Å². The summed E-state index contributed by atoms with van der Waals surface area (Å²) in [6, 6.07) is 4.88. The third kappa shape index (κ3) is 4.39. The Labute approximate surface area is 167 Å². The normalized spacial score (nSPS) is 24.4. The predicted octanol–water partition coefficient (Wildman–Crippen LogP) is 1.59. The van der Waals surface area contributed by atoms with Crippen molar-refractivity contribution in [2.45, 2.75) is 43.2 Å². The Bertz CT molecular complexity index is 743. The molecule has 1 unspecified atom stereocenters. The molecule has 0 radical (unpaired) electrons. The molecule has 9 nitrogen and oxygen atoms in total. The second-order valence-corrected chi connectivity index (χ2v) is 7.78. The van der Waals surface area contributed by atoms with Gasteiger partial charge in [0.25, 0.3) is 5.69 Å². The highest BCUT2D eigenvalue weighted by Crippen LogP contribution is 2.27. The van der Waals surface area contributed by atoms with Gasteiger partial charge in [-0.1, -0.05) is 0 Å². The number of amides is 2. The van der Waals surface area contributed by atoms with Gasteiger partial charge in [0, 0.05) is 30.5 Å². The van der Waals surface area contributed by atoms with Crippen LogP contribution < -0.4 is 0 Å². The highest BCUT2D eigenvalue weighted by atomic mass is 32.1. The zero-order chi connectivity index (χ0) is 20.3. The Morgan fingerprint density at radius 1 is 1.29 bits per heavy atom. The number of non-ortho nitro benzene ring substituents is 1. The minimum absolute atomic E-state index is 0.0396. The molecule has 0 saturated carbocycles. The van der Waals surface area contributed by atoms with E-state index in [-0.39, 0.29) is 36.1 Å². The number of rotatable bonds is 5. The molecule has 2 heterocycles. The van der Waals surface area contributed by atoms with E-state index in [2.05, 4.69) is 12.6 Å². The van der Waals surface area contributed by atoms with Crippen molar-refractivity contribution in [1.29, 1.82) is 0 Å². The maximum atomic E-state index is 12.9. The van der Waals surface area contributed by atoms with Crippen LogP contribution in [0.4, 0.5) is 10.5 Å². The van der Waals surface area contributed by atoms with Crippen molar-refractivity contribution in [1.82, 2.24) is 9.80 Å². The zero-order valence-electron chi connectivity index (χ0n) is 15.3. The summed E-state index contributed by atoms with van der Waals surface area (Å²) in [6.45, 7) is 0.738. The fourth-order valence-corrected chi connectivity index (χ4v) is 4.07. The first-order valence-corrected chi connectivity index (χ1v) is 9.68. The molecule has 2 fully saturated rings. The highest BCUT2D eigenvalue weighted by Gasteiger charge is 2.43. The van der Waals surface area contributed by atoms with Crippen LogP contribution in [0.2, 0.25) is 0 Å². The molecule has 1 aromatic rings. The molecule has 2 aliphatic rings. The number of nitro benzene ring substituents is 1. The van der Waals surface area contributed by atoms with E-state index in [4.69, 9.17) is 4.74 Å².